The summed E-state index contributed by atoms with van der Waals surface area (Å²) in [7, 11) is 0. The van der Waals surface area contributed by atoms with E-state index in [0.29, 0.717) is 18.8 Å². The number of nitrogens with one attached hydrogen (secondary N) is 1. The van der Waals surface area contributed by atoms with Crippen molar-refractivity contribution in [1.82, 2.24) is 20.1 Å². The van der Waals surface area contributed by atoms with Crippen molar-refractivity contribution in [2.24, 2.45) is 11.3 Å². The second kappa shape index (κ2) is 9.66. The van der Waals surface area contributed by atoms with Crippen molar-refractivity contribution in [2.45, 2.75) is 70.9 Å². The third-order valence-corrected chi connectivity index (χ3v) is 8.66. The van der Waals surface area contributed by atoms with E-state index in [0.717, 1.165) is 42.6 Å². The van der Waals surface area contributed by atoms with Gasteiger partial charge >= 0.3 is 0 Å². The zero-order valence-electron chi connectivity index (χ0n) is 21.4. The van der Waals surface area contributed by atoms with Crippen LogP contribution in [0.1, 0.15) is 75.7 Å². The molecule has 0 aliphatic heterocycles. The topological polar surface area (TPSA) is 80.0 Å². The first-order chi connectivity index (χ1) is 17.4. The minimum atomic E-state index is -1.34. The third kappa shape index (κ3) is 4.28. The molecule has 0 bridgehead atoms. The lowest BCUT2D eigenvalue weighted by atomic mass is 9.68. The maximum absolute atomic E-state index is 13.2. The Morgan fingerprint density at radius 2 is 1.97 bits per heavy atom. The first-order valence-corrected chi connectivity index (χ1v) is 13.1. The van der Waals surface area contributed by atoms with Crippen LogP contribution in [0.3, 0.4) is 0 Å². The number of hydrogen-bond donors (Lipinski definition) is 2. The van der Waals surface area contributed by atoms with Crippen LogP contribution in [0.4, 0.5) is 0 Å². The second-order valence-corrected chi connectivity index (χ2v) is 10.6. The molecule has 36 heavy (non-hydrogen) atoms. The summed E-state index contributed by atoms with van der Waals surface area (Å²) in [5.41, 5.74) is 4.60. The monoisotopic (exact) mass is 484 g/mol. The van der Waals surface area contributed by atoms with E-state index < -0.39 is 5.60 Å². The van der Waals surface area contributed by atoms with Crippen molar-refractivity contribution >= 4 is 12.0 Å². The quantitative estimate of drug-likeness (QED) is 0.447. The number of rotatable bonds is 8. The zero-order valence-corrected chi connectivity index (χ0v) is 21.4. The van der Waals surface area contributed by atoms with Crippen molar-refractivity contribution in [1.29, 1.82) is 0 Å². The Bertz CT molecular complexity index is 1250. The summed E-state index contributed by atoms with van der Waals surface area (Å²) in [5, 5.41) is 18.8. The number of benzene rings is 1. The minimum Gasteiger partial charge on any atom is -0.380 e. The lowest BCUT2D eigenvalue weighted by molar-refractivity contribution is -0.141. The number of pyridine rings is 1. The fourth-order valence-electron chi connectivity index (χ4n) is 6.11. The van der Waals surface area contributed by atoms with Crippen LogP contribution >= 0.6 is 0 Å². The van der Waals surface area contributed by atoms with Crippen LogP contribution in [0, 0.1) is 11.3 Å². The van der Waals surface area contributed by atoms with Gasteiger partial charge in [0.05, 0.1) is 29.8 Å². The summed E-state index contributed by atoms with van der Waals surface area (Å²) < 4.78 is 1.99. The Hall–Kier alpha value is -3.25. The fourth-order valence-corrected chi connectivity index (χ4v) is 6.11. The van der Waals surface area contributed by atoms with E-state index in [4.69, 9.17) is 5.10 Å². The maximum Gasteiger partial charge on any atom is 0.252 e. The molecule has 1 fully saturated rings. The molecule has 5 rings (SSSR count). The molecule has 1 aromatic carbocycles. The smallest absolute Gasteiger partial charge is 0.252 e. The standard InChI is InChI=1S/C30H36N4O2/c1-4-30(36,5-2)28(35)33-26(21-10-7-6-8-11-21)16-23-13-14-24-17-27-22(18-29(23,24)3)19-32-34(27)25-12-9-15-31-20-25/h6-12,15,17,19-20,23,26,36H,4-5,13-14,16,18H2,1-3H3,(H,33,35). The van der Waals surface area contributed by atoms with E-state index in [1.807, 2.05) is 61.3 Å². The number of fused-ring (bicyclic) bond motifs is 2. The van der Waals surface area contributed by atoms with Crippen molar-refractivity contribution in [3.63, 3.8) is 0 Å². The highest BCUT2D eigenvalue weighted by molar-refractivity contribution is 5.85. The number of carbonyl (C=O) groups is 1. The van der Waals surface area contributed by atoms with Gasteiger partial charge in [-0.1, -0.05) is 56.7 Å². The summed E-state index contributed by atoms with van der Waals surface area (Å²) in [5.74, 6) is 0.129. The first-order valence-electron chi connectivity index (χ1n) is 13.1. The summed E-state index contributed by atoms with van der Waals surface area (Å²) in [6.07, 6.45) is 12.6. The summed E-state index contributed by atoms with van der Waals surface area (Å²) in [6.45, 7) is 6.10. The van der Waals surface area contributed by atoms with Gasteiger partial charge in [0.1, 0.15) is 5.60 Å². The molecule has 188 valence electrons. The Kier molecular flexibility index (Phi) is 6.56. The van der Waals surface area contributed by atoms with Gasteiger partial charge in [-0.25, -0.2) is 4.68 Å². The Balaban J connectivity index is 1.42. The Labute approximate surface area is 213 Å². The van der Waals surface area contributed by atoms with Gasteiger partial charge in [-0.05, 0) is 79.2 Å². The number of carbonyl (C=O) groups excluding carboxylic acids is 1. The molecule has 2 N–H and O–H groups in total. The lowest BCUT2D eigenvalue weighted by Crippen LogP contribution is -2.47. The molecule has 6 heteroatoms. The SMILES string of the molecule is CCC(O)(CC)C(=O)NC(CC1CCC2=Cc3c(cnn3-c3cccnc3)CC21C)c1ccccc1. The lowest BCUT2D eigenvalue weighted by Gasteiger charge is -2.38. The Morgan fingerprint density at radius 1 is 1.19 bits per heavy atom. The van der Waals surface area contributed by atoms with Crippen molar-refractivity contribution in [3.05, 3.63) is 83.4 Å². The summed E-state index contributed by atoms with van der Waals surface area (Å²) in [6, 6.07) is 14.0. The molecule has 0 radical (unpaired) electrons. The van der Waals surface area contributed by atoms with Crippen LogP contribution in [0.25, 0.3) is 11.8 Å². The van der Waals surface area contributed by atoms with Crippen LogP contribution in [0.5, 0.6) is 0 Å². The van der Waals surface area contributed by atoms with E-state index in [2.05, 4.69) is 35.4 Å². The number of allylic oxidation sites excluding steroid dienone is 1. The van der Waals surface area contributed by atoms with E-state index in [9.17, 15) is 9.90 Å². The number of aromatic nitrogens is 3. The molecular formula is C30H36N4O2. The van der Waals surface area contributed by atoms with Gasteiger partial charge in [-0.3, -0.25) is 9.78 Å². The normalized spacial score (nSPS) is 21.9. The van der Waals surface area contributed by atoms with E-state index >= 15 is 0 Å². The van der Waals surface area contributed by atoms with Gasteiger partial charge in [0, 0.05) is 6.20 Å². The predicted molar refractivity (Wildman–Crippen MR) is 141 cm³/mol. The number of amides is 1. The molecule has 3 atom stereocenters. The van der Waals surface area contributed by atoms with Crippen LogP contribution in [-0.4, -0.2) is 31.4 Å². The summed E-state index contributed by atoms with van der Waals surface area (Å²) in [4.78, 5) is 17.4. The van der Waals surface area contributed by atoms with Gasteiger partial charge in [-0.15, -0.1) is 0 Å². The van der Waals surface area contributed by atoms with Crippen LogP contribution in [0.2, 0.25) is 0 Å². The number of hydrogen-bond acceptors (Lipinski definition) is 4. The fraction of sp³-hybridized carbons (Fsp3) is 0.433. The molecule has 2 aliphatic rings. The van der Waals surface area contributed by atoms with Crippen molar-refractivity contribution in [3.8, 4) is 5.69 Å². The second-order valence-electron chi connectivity index (χ2n) is 10.6. The molecule has 3 unspecified atom stereocenters. The molecular weight excluding hydrogens is 448 g/mol. The van der Waals surface area contributed by atoms with Crippen LogP contribution in [0.15, 0.2) is 66.6 Å². The van der Waals surface area contributed by atoms with E-state index in [-0.39, 0.29) is 17.4 Å². The molecule has 1 amide bonds. The maximum atomic E-state index is 13.2. The van der Waals surface area contributed by atoms with Crippen molar-refractivity contribution in [2.75, 3.05) is 0 Å². The molecule has 2 aliphatic carbocycles. The highest BCUT2D eigenvalue weighted by Gasteiger charge is 2.46. The molecule has 2 aromatic heterocycles. The molecule has 0 spiro atoms. The van der Waals surface area contributed by atoms with Gasteiger partial charge < -0.3 is 10.4 Å². The van der Waals surface area contributed by atoms with Crippen molar-refractivity contribution < 1.29 is 9.90 Å². The first kappa shape index (κ1) is 24.4. The largest absolute Gasteiger partial charge is 0.380 e. The summed E-state index contributed by atoms with van der Waals surface area (Å²) >= 11 is 0. The van der Waals surface area contributed by atoms with Gasteiger partial charge in [0.25, 0.3) is 5.91 Å². The minimum absolute atomic E-state index is 0.0133. The molecule has 2 heterocycles. The van der Waals surface area contributed by atoms with Gasteiger partial charge in [0.2, 0.25) is 0 Å². The highest BCUT2D eigenvalue weighted by Crippen LogP contribution is 2.55. The molecule has 3 aromatic rings. The average Bonchev–Trinajstić information content (AvgIpc) is 3.46. The highest BCUT2D eigenvalue weighted by atomic mass is 16.3. The Morgan fingerprint density at radius 3 is 2.67 bits per heavy atom. The number of nitrogens with zero attached hydrogens (tertiary/aromatic N) is 3. The third-order valence-electron chi connectivity index (χ3n) is 8.66. The molecule has 1 saturated carbocycles. The van der Waals surface area contributed by atoms with E-state index in [1.54, 1.807) is 6.20 Å². The van der Waals surface area contributed by atoms with Crippen LogP contribution < -0.4 is 5.32 Å². The van der Waals surface area contributed by atoms with E-state index in [1.165, 1.54) is 11.1 Å². The van der Waals surface area contributed by atoms with Gasteiger partial charge in [-0.2, -0.15) is 5.10 Å². The average molecular weight is 485 g/mol. The zero-order chi connectivity index (χ0) is 25.3. The molecule has 6 nitrogen and oxygen atoms in total. The van der Waals surface area contributed by atoms with Gasteiger partial charge in [0.15, 0.2) is 0 Å². The molecule has 0 saturated heterocycles. The van der Waals surface area contributed by atoms with Crippen LogP contribution in [-0.2, 0) is 11.2 Å². The number of aliphatic hydroxyl groups is 1. The predicted octanol–water partition coefficient (Wildman–Crippen LogP) is 5.42.